The standard InChI is InChI=1S/C18H20N4O3/c1-12-14(11-20-22(12)2)10-19-18(23)17-9-15(21-25-17)8-13-4-6-16(24-3)7-5-13/h4-7,9,11H,8,10H2,1-3H3,(H,19,23). The molecular weight excluding hydrogens is 320 g/mol. The van der Waals surface area contributed by atoms with Gasteiger partial charge >= 0.3 is 0 Å². The van der Waals surface area contributed by atoms with E-state index in [-0.39, 0.29) is 11.7 Å². The van der Waals surface area contributed by atoms with Crippen molar-refractivity contribution in [3.63, 3.8) is 0 Å². The lowest BCUT2D eigenvalue weighted by atomic mass is 10.1. The van der Waals surface area contributed by atoms with E-state index in [4.69, 9.17) is 9.26 Å². The molecule has 0 unspecified atom stereocenters. The molecule has 2 heterocycles. The van der Waals surface area contributed by atoms with Crippen LogP contribution in [0.5, 0.6) is 5.75 Å². The number of hydrogen-bond acceptors (Lipinski definition) is 5. The molecule has 0 saturated carbocycles. The third-order valence-corrected chi connectivity index (χ3v) is 4.10. The average molecular weight is 340 g/mol. The number of rotatable bonds is 6. The van der Waals surface area contributed by atoms with Crippen molar-refractivity contribution in [3.05, 3.63) is 64.8 Å². The number of amides is 1. The van der Waals surface area contributed by atoms with Crippen molar-refractivity contribution in [1.29, 1.82) is 0 Å². The Balaban J connectivity index is 1.60. The van der Waals surface area contributed by atoms with E-state index >= 15 is 0 Å². The maximum absolute atomic E-state index is 12.2. The number of carbonyl (C=O) groups excluding carboxylic acids is 1. The summed E-state index contributed by atoms with van der Waals surface area (Å²) in [4.78, 5) is 12.2. The van der Waals surface area contributed by atoms with Crippen molar-refractivity contribution in [2.24, 2.45) is 7.05 Å². The van der Waals surface area contributed by atoms with E-state index in [1.807, 2.05) is 38.2 Å². The molecule has 1 amide bonds. The normalized spacial score (nSPS) is 10.7. The van der Waals surface area contributed by atoms with E-state index in [9.17, 15) is 4.79 Å². The highest BCUT2D eigenvalue weighted by Gasteiger charge is 2.14. The molecule has 0 aliphatic heterocycles. The molecule has 0 bridgehead atoms. The number of aryl methyl sites for hydroxylation is 1. The Morgan fingerprint density at radius 2 is 2.08 bits per heavy atom. The first-order chi connectivity index (χ1) is 12.1. The number of hydrogen-bond donors (Lipinski definition) is 1. The molecule has 0 fully saturated rings. The molecule has 0 aliphatic rings. The van der Waals surface area contributed by atoms with E-state index in [2.05, 4.69) is 15.6 Å². The van der Waals surface area contributed by atoms with Gasteiger partial charge in [-0.1, -0.05) is 17.3 Å². The average Bonchev–Trinajstić information content (AvgIpc) is 3.21. The first-order valence-electron chi connectivity index (χ1n) is 7.91. The third kappa shape index (κ3) is 3.88. The second kappa shape index (κ2) is 7.21. The summed E-state index contributed by atoms with van der Waals surface area (Å²) in [5.41, 5.74) is 3.74. The maximum atomic E-state index is 12.2. The molecule has 7 nitrogen and oxygen atoms in total. The highest BCUT2D eigenvalue weighted by atomic mass is 16.5. The first-order valence-corrected chi connectivity index (χ1v) is 7.91. The van der Waals surface area contributed by atoms with Crippen LogP contribution in [0.4, 0.5) is 0 Å². The Morgan fingerprint density at radius 1 is 1.32 bits per heavy atom. The van der Waals surface area contributed by atoms with Gasteiger partial charge in [0.1, 0.15) is 5.75 Å². The monoisotopic (exact) mass is 340 g/mol. The van der Waals surface area contributed by atoms with Crippen molar-refractivity contribution in [3.8, 4) is 5.75 Å². The Kier molecular flexibility index (Phi) is 4.83. The summed E-state index contributed by atoms with van der Waals surface area (Å²) < 4.78 is 12.1. The third-order valence-electron chi connectivity index (χ3n) is 4.10. The minimum Gasteiger partial charge on any atom is -0.497 e. The fourth-order valence-corrected chi connectivity index (χ4v) is 2.43. The van der Waals surface area contributed by atoms with Crippen LogP contribution in [0.15, 0.2) is 41.1 Å². The first kappa shape index (κ1) is 16.8. The smallest absolute Gasteiger partial charge is 0.290 e. The molecule has 3 rings (SSSR count). The SMILES string of the molecule is COc1ccc(Cc2cc(C(=O)NCc3cnn(C)c3C)on2)cc1. The van der Waals surface area contributed by atoms with E-state index < -0.39 is 0 Å². The van der Waals surface area contributed by atoms with Crippen molar-refractivity contribution < 1.29 is 14.1 Å². The van der Waals surface area contributed by atoms with Gasteiger partial charge in [-0.25, -0.2) is 0 Å². The zero-order valence-corrected chi connectivity index (χ0v) is 14.4. The highest BCUT2D eigenvalue weighted by molar-refractivity contribution is 5.91. The van der Waals surface area contributed by atoms with Crippen LogP contribution < -0.4 is 10.1 Å². The quantitative estimate of drug-likeness (QED) is 0.744. The lowest BCUT2D eigenvalue weighted by Crippen LogP contribution is -2.22. The molecule has 0 saturated heterocycles. The van der Waals surface area contributed by atoms with Crippen LogP contribution in [0.1, 0.15) is 33.1 Å². The van der Waals surface area contributed by atoms with Crippen LogP contribution in [0.25, 0.3) is 0 Å². The largest absolute Gasteiger partial charge is 0.497 e. The lowest BCUT2D eigenvalue weighted by molar-refractivity contribution is 0.0914. The van der Waals surface area contributed by atoms with Crippen molar-refractivity contribution in [2.45, 2.75) is 19.9 Å². The van der Waals surface area contributed by atoms with Gasteiger partial charge in [0, 0.05) is 37.3 Å². The lowest BCUT2D eigenvalue weighted by Gasteiger charge is -2.02. The Labute approximate surface area is 145 Å². The summed E-state index contributed by atoms with van der Waals surface area (Å²) in [6.07, 6.45) is 2.33. The minimum absolute atomic E-state index is 0.199. The molecule has 2 aromatic heterocycles. The zero-order chi connectivity index (χ0) is 17.8. The van der Waals surface area contributed by atoms with Gasteiger partial charge in [-0.15, -0.1) is 0 Å². The minimum atomic E-state index is -0.295. The van der Waals surface area contributed by atoms with Crippen LogP contribution >= 0.6 is 0 Å². The van der Waals surface area contributed by atoms with Crippen LogP contribution in [0.2, 0.25) is 0 Å². The summed E-state index contributed by atoms with van der Waals surface area (Å²) in [5.74, 6) is 0.705. The van der Waals surface area contributed by atoms with E-state index in [1.165, 1.54) is 0 Å². The Bertz CT molecular complexity index is 865. The van der Waals surface area contributed by atoms with Crippen molar-refractivity contribution >= 4 is 5.91 Å². The summed E-state index contributed by atoms with van der Waals surface area (Å²) >= 11 is 0. The number of nitrogens with one attached hydrogen (secondary N) is 1. The highest BCUT2D eigenvalue weighted by Crippen LogP contribution is 2.15. The number of aromatic nitrogens is 3. The number of ether oxygens (including phenoxy) is 1. The molecule has 0 aliphatic carbocycles. The second-order valence-corrected chi connectivity index (χ2v) is 5.77. The summed E-state index contributed by atoms with van der Waals surface area (Å²) in [6, 6.07) is 9.35. The van der Waals surface area contributed by atoms with Crippen molar-refractivity contribution in [1.82, 2.24) is 20.3 Å². The maximum Gasteiger partial charge on any atom is 0.290 e. The topological polar surface area (TPSA) is 82.2 Å². The van der Waals surface area contributed by atoms with Gasteiger partial charge in [0.2, 0.25) is 5.76 Å². The van der Waals surface area contributed by atoms with Gasteiger partial charge in [-0.05, 0) is 24.6 Å². The van der Waals surface area contributed by atoms with Crippen LogP contribution in [-0.2, 0) is 20.0 Å². The van der Waals surface area contributed by atoms with Gasteiger partial charge in [0.05, 0.1) is 19.0 Å². The predicted molar refractivity (Wildman–Crippen MR) is 91.4 cm³/mol. The summed E-state index contributed by atoms with van der Waals surface area (Å²) in [7, 11) is 3.49. The Morgan fingerprint density at radius 3 is 2.72 bits per heavy atom. The van der Waals surface area contributed by atoms with Crippen LogP contribution in [0.3, 0.4) is 0 Å². The molecule has 7 heteroatoms. The molecular formula is C18H20N4O3. The fourth-order valence-electron chi connectivity index (χ4n) is 2.43. The summed E-state index contributed by atoms with van der Waals surface area (Å²) in [6.45, 7) is 2.35. The van der Waals surface area contributed by atoms with Gasteiger partial charge < -0.3 is 14.6 Å². The molecule has 25 heavy (non-hydrogen) atoms. The van der Waals surface area contributed by atoms with E-state index in [0.29, 0.717) is 18.7 Å². The predicted octanol–water partition coefficient (Wildman–Crippen LogP) is 2.25. The molecule has 1 aromatic carbocycles. The van der Waals surface area contributed by atoms with Gasteiger partial charge in [0.25, 0.3) is 5.91 Å². The van der Waals surface area contributed by atoms with Crippen LogP contribution in [0, 0.1) is 6.92 Å². The summed E-state index contributed by atoms with van der Waals surface area (Å²) in [5, 5.41) is 10.9. The molecule has 0 atom stereocenters. The van der Waals surface area contributed by atoms with Gasteiger partial charge in [0.15, 0.2) is 0 Å². The van der Waals surface area contributed by atoms with Crippen molar-refractivity contribution in [2.75, 3.05) is 7.11 Å². The van der Waals surface area contributed by atoms with Crippen LogP contribution in [-0.4, -0.2) is 28.0 Å². The fraction of sp³-hybridized carbons (Fsp3) is 0.278. The van der Waals surface area contributed by atoms with E-state index in [1.54, 1.807) is 24.1 Å². The molecule has 130 valence electrons. The van der Waals surface area contributed by atoms with Gasteiger partial charge in [-0.3, -0.25) is 9.48 Å². The molecule has 3 aromatic rings. The molecule has 0 radical (unpaired) electrons. The second-order valence-electron chi connectivity index (χ2n) is 5.77. The number of carbonyl (C=O) groups is 1. The number of methoxy groups -OCH3 is 1. The number of nitrogens with zero attached hydrogens (tertiary/aromatic N) is 3. The number of benzene rings is 1. The zero-order valence-electron chi connectivity index (χ0n) is 14.4. The van der Waals surface area contributed by atoms with Gasteiger partial charge in [-0.2, -0.15) is 5.10 Å². The van der Waals surface area contributed by atoms with E-state index in [0.717, 1.165) is 22.6 Å². The Hall–Kier alpha value is -3.09. The molecule has 0 spiro atoms. The molecule has 1 N–H and O–H groups in total.